The van der Waals surface area contributed by atoms with E-state index in [4.69, 9.17) is 5.11 Å². The maximum absolute atomic E-state index is 12.1. The molecular formula is C8H12F3NO4. The van der Waals surface area contributed by atoms with Crippen molar-refractivity contribution in [1.29, 1.82) is 0 Å². The fraction of sp³-hybridized carbons (Fsp3) is 0.750. The number of carbonyl (C=O) groups is 2. The van der Waals surface area contributed by atoms with Crippen molar-refractivity contribution in [2.75, 3.05) is 20.2 Å². The molecule has 0 fully saturated rings. The first kappa shape index (κ1) is 14.7. The van der Waals surface area contributed by atoms with Crippen LogP contribution in [0.5, 0.6) is 0 Å². The van der Waals surface area contributed by atoms with Crippen LogP contribution in [-0.2, 0) is 14.3 Å². The number of methoxy groups -OCH3 is 1. The van der Waals surface area contributed by atoms with Crippen molar-refractivity contribution in [3.05, 3.63) is 0 Å². The summed E-state index contributed by atoms with van der Waals surface area (Å²) in [6.45, 7) is -0.831. The van der Waals surface area contributed by atoms with Crippen LogP contribution in [-0.4, -0.2) is 43.4 Å². The molecule has 0 rings (SSSR count). The van der Waals surface area contributed by atoms with Gasteiger partial charge >= 0.3 is 18.1 Å². The van der Waals surface area contributed by atoms with Gasteiger partial charge in [0.2, 0.25) is 0 Å². The molecule has 0 aliphatic heterocycles. The highest BCUT2D eigenvalue weighted by atomic mass is 19.4. The number of alkyl halides is 3. The van der Waals surface area contributed by atoms with Gasteiger partial charge in [0.05, 0.1) is 13.5 Å². The molecule has 1 unspecified atom stereocenters. The fourth-order valence-electron chi connectivity index (χ4n) is 0.882. The number of hydrogen-bond acceptors (Lipinski definition) is 4. The predicted octanol–water partition coefficient (Wildman–Crippen LogP) is 0.402. The molecule has 0 amide bonds. The van der Waals surface area contributed by atoms with Gasteiger partial charge in [-0.3, -0.25) is 9.59 Å². The highest BCUT2D eigenvalue weighted by molar-refractivity contribution is 5.71. The molecule has 0 aromatic carbocycles. The minimum absolute atomic E-state index is 0.0630. The van der Waals surface area contributed by atoms with Gasteiger partial charge in [-0.15, -0.1) is 0 Å². The lowest BCUT2D eigenvalue weighted by Crippen LogP contribution is -2.39. The van der Waals surface area contributed by atoms with Crippen LogP contribution in [0.15, 0.2) is 0 Å². The van der Waals surface area contributed by atoms with Gasteiger partial charge in [-0.05, 0) is 0 Å². The second kappa shape index (κ2) is 6.31. The number of carbonyl (C=O) groups excluding carboxylic acids is 1. The number of aliphatic carboxylic acids is 1. The number of rotatable bonds is 6. The fourth-order valence-corrected chi connectivity index (χ4v) is 0.882. The number of carboxylic acids is 1. The molecule has 94 valence electrons. The zero-order valence-corrected chi connectivity index (χ0v) is 8.50. The van der Waals surface area contributed by atoms with Crippen LogP contribution in [0.25, 0.3) is 0 Å². The van der Waals surface area contributed by atoms with Gasteiger partial charge in [0, 0.05) is 13.1 Å². The number of hydrogen-bond donors (Lipinski definition) is 2. The molecule has 0 heterocycles. The highest BCUT2D eigenvalue weighted by Crippen LogP contribution is 2.25. The minimum atomic E-state index is -4.80. The third kappa shape index (κ3) is 5.54. The summed E-state index contributed by atoms with van der Waals surface area (Å²) in [6, 6.07) is 0. The van der Waals surface area contributed by atoms with Gasteiger partial charge in [-0.1, -0.05) is 0 Å². The normalized spacial score (nSPS) is 13.2. The zero-order valence-electron chi connectivity index (χ0n) is 8.50. The summed E-state index contributed by atoms with van der Waals surface area (Å²) in [5.74, 6) is -4.99. The first-order chi connectivity index (χ1) is 7.29. The average molecular weight is 243 g/mol. The Labute approximate surface area is 89.6 Å². The molecule has 0 aromatic rings. The SMILES string of the molecule is COC(=O)CCNCC(C(=O)O)C(F)(F)F. The summed E-state index contributed by atoms with van der Waals surface area (Å²) >= 11 is 0. The van der Waals surface area contributed by atoms with Gasteiger partial charge in [-0.2, -0.15) is 13.2 Å². The lowest BCUT2D eigenvalue weighted by atomic mass is 10.1. The summed E-state index contributed by atoms with van der Waals surface area (Å²) in [7, 11) is 1.15. The third-order valence-electron chi connectivity index (χ3n) is 1.78. The molecule has 5 nitrogen and oxygen atoms in total. The van der Waals surface area contributed by atoms with Gasteiger partial charge in [-0.25, -0.2) is 0 Å². The molecule has 0 bridgehead atoms. The van der Waals surface area contributed by atoms with Crippen LogP contribution < -0.4 is 5.32 Å². The summed E-state index contributed by atoms with van der Waals surface area (Å²) in [6.07, 6.45) is -4.91. The molecule has 0 saturated carbocycles. The average Bonchev–Trinajstić information content (AvgIpc) is 2.14. The molecule has 0 aromatic heterocycles. The zero-order chi connectivity index (χ0) is 12.8. The van der Waals surface area contributed by atoms with Gasteiger partial charge in [0.1, 0.15) is 0 Å². The second-order valence-electron chi connectivity index (χ2n) is 2.96. The van der Waals surface area contributed by atoms with E-state index in [1.807, 2.05) is 0 Å². The molecule has 8 heteroatoms. The number of ether oxygens (including phenoxy) is 1. The Morgan fingerprint density at radius 1 is 1.44 bits per heavy atom. The quantitative estimate of drug-likeness (QED) is 0.521. The van der Waals surface area contributed by atoms with Gasteiger partial charge < -0.3 is 15.2 Å². The molecule has 1 atom stereocenters. The van der Waals surface area contributed by atoms with E-state index in [-0.39, 0.29) is 13.0 Å². The van der Waals surface area contributed by atoms with Crippen LogP contribution >= 0.6 is 0 Å². The number of carboxylic acid groups (broad SMARTS) is 1. The minimum Gasteiger partial charge on any atom is -0.481 e. The van der Waals surface area contributed by atoms with E-state index in [9.17, 15) is 22.8 Å². The molecule has 0 aliphatic carbocycles. The van der Waals surface area contributed by atoms with E-state index in [1.165, 1.54) is 0 Å². The van der Waals surface area contributed by atoms with Gasteiger partial charge in [0.15, 0.2) is 5.92 Å². The third-order valence-corrected chi connectivity index (χ3v) is 1.78. The van der Waals surface area contributed by atoms with E-state index in [1.54, 1.807) is 0 Å². The van der Waals surface area contributed by atoms with Crippen LogP contribution in [0.4, 0.5) is 13.2 Å². The summed E-state index contributed by atoms with van der Waals surface area (Å²) in [4.78, 5) is 20.9. The van der Waals surface area contributed by atoms with E-state index < -0.39 is 30.6 Å². The van der Waals surface area contributed by atoms with E-state index in [0.717, 1.165) is 7.11 Å². The first-order valence-electron chi connectivity index (χ1n) is 4.36. The summed E-state index contributed by atoms with van der Waals surface area (Å²) < 4.78 is 40.6. The Balaban J connectivity index is 3.97. The van der Waals surface area contributed by atoms with Crippen LogP contribution in [0, 0.1) is 5.92 Å². The highest BCUT2D eigenvalue weighted by Gasteiger charge is 2.44. The monoisotopic (exact) mass is 243 g/mol. The molecule has 16 heavy (non-hydrogen) atoms. The Hall–Kier alpha value is -1.31. The molecule has 0 aliphatic rings. The standard InChI is InChI=1S/C8H12F3NO4/c1-16-6(13)2-3-12-4-5(7(14)15)8(9,10)11/h5,12H,2-4H2,1H3,(H,14,15). The molecule has 0 radical (unpaired) electrons. The number of halogens is 3. The smallest absolute Gasteiger partial charge is 0.403 e. The maximum Gasteiger partial charge on any atom is 0.403 e. The van der Waals surface area contributed by atoms with Crippen molar-refractivity contribution in [1.82, 2.24) is 5.32 Å². The lowest BCUT2D eigenvalue weighted by Gasteiger charge is -2.16. The van der Waals surface area contributed by atoms with Crippen molar-refractivity contribution in [2.45, 2.75) is 12.6 Å². The van der Waals surface area contributed by atoms with E-state index in [2.05, 4.69) is 10.1 Å². The predicted molar refractivity (Wildman–Crippen MR) is 46.7 cm³/mol. The van der Waals surface area contributed by atoms with Crippen LogP contribution in [0.2, 0.25) is 0 Å². The lowest BCUT2D eigenvalue weighted by molar-refractivity contribution is -0.192. The topological polar surface area (TPSA) is 75.6 Å². The van der Waals surface area contributed by atoms with Crippen molar-refractivity contribution in [2.24, 2.45) is 5.92 Å². The molecular weight excluding hydrogens is 231 g/mol. The van der Waals surface area contributed by atoms with Gasteiger partial charge in [0.25, 0.3) is 0 Å². The first-order valence-corrected chi connectivity index (χ1v) is 4.36. The number of nitrogens with one attached hydrogen (secondary N) is 1. The molecule has 0 spiro atoms. The van der Waals surface area contributed by atoms with Crippen molar-refractivity contribution >= 4 is 11.9 Å². The molecule has 2 N–H and O–H groups in total. The van der Waals surface area contributed by atoms with E-state index in [0.29, 0.717) is 0 Å². The Bertz CT molecular complexity index is 254. The largest absolute Gasteiger partial charge is 0.481 e. The summed E-state index contributed by atoms with van der Waals surface area (Å²) in [5.41, 5.74) is 0. The number of esters is 1. The van der Waals surface area contributed by atoms with Crippen molar-refractivity contribution in [3.63, 3.8) is 0 Å². The summed E-state index contributed by atoms with van der Waals surface area (Å²) in [5, 5.41) is 10.5. The Kier molecular flexibility index (Phi) is 5.79. The second-order valence-corrected chi connectivity index (χ2v) is 2.96. The molecule has 0 saturated heterocycles. The van der Waals surface area contributed by atoms with E-state index >= 15 is 0 Å². The van der Waals surface area contributed by atoms with Crippen molar-refractivity contribution in [3.8, 4) is 0 Å². The van der Waals surface area contributed by atoms with Crippen LogP contribution in [0.1, 0.15) is 6.42 Å². The van der Waals surface area contributed by atoms with Crippen LogP contribution in [0.3, 0.4) is 0 Å². The maximum atomic E-state index is 12.1. The Morgan fingerprint density at radius 2 is 2.00 bits per heavy atom. The van der Waals surface area contributed by atoms with Crippen molar-refractivity contribution < 1.29 is 32.6 Å². The Morgan fingerprint density at radius 3 is 2.38 bits per heavy atom.